The van der Waals surface area contributed by atoms with Crippen molar-refractivity contribution in [1.82, 2.24) is 5.32 Å². The zero-order valence-corrected chi connectivity index (χ0v) is 10.9. The minimum Gasteiger partial charge on any atom is -0.377 e. The molecule has 5 nitrogen and oxygen atoms in total. The van der Waals surface area contributed by atoms with Gasteiger partial charge in [0.05, 0.1) is 12.7 Å². The monoisotopic (exact) mass is 251 g/mol. The van der Waals surface area contributed by atoms with Crippen LogP contribution in [0, 0.1) is 0 Å². The highest BCUT2D eigenvalue weighted by atomic mass is 16.5. The van der Waals surface area contributed by atoms with Crippen LogP contribution in [0.5, 0.6) is 0 Å². The number of nitrogens with one attached hydrogen (secondary N) is 2. The van der Waals surface area contributed by atoms with Crippen LogP contribution in [-0.4, -0.2) is 25.3 Å². The van der Waals surface area contributed by atoms with Crippen molar-refractivity contribution in [1.29, 1.82) is 0 Å². The molecule has 0 heterocycles. The first-order valence-electron chi connectivity index (χ1n) is 6.07. The first kappa shape index (κ1) is 14.5. The minimum atomic E-state index is -0.239. The first-order valence-corrected chi connectivity index (χ1v) is 6.07. The molecule has 1 aromatic carbocycles. The van der Waals surface area contributed by atoms with Crippen LogP contribution in [0.3, 0.4) is 0 Å². The highest BCUT2D eigenvalue weighted by Gasteiger charge is 2.01. The van der Waals surface area contributed by atoms with Crippen molar-refractivity contribution in [3.05, 3.63) is 29.8 Å². The minimum absolute atomic E-state index is 0.177. The van der Waals surface area contributed by atoms with Crippen molar-refractivity contribution >= 4 is 11.7 Å². The zero-order valence-electron chi connectivity index (χ0n) is 10.9. The second-order valence-corrected chi connectivity index (χ2v) is 4.20. The number of ether oxygens (including phenoxy) is 1. The second-order valence-electron chi connectivity index (χ2n) is 4.20. The van der Waals surface area contributed by atoms with Gasteiger partial charge >= 0.3 is 6.03 Å². The van der Waals surface area contributed by atoms with Gasteiger partial charge in [-0.3, -0.25) is 0 Å². The van der Waals surface area contributed by atoms with Gasteiger partial charge in [-0.2, -0.15) is 0 Å². The van der Waals surface area contributed by atoms with E-state index >= 15 is 0 Å². The Morgan fingerprint density at radius 2 is 2.22 bits per heavy atom. The highest BCUT2D eigenvalue weighted by molar-refractivity contribution is 5.89. The van der Waals surface area contributed by atoms with Gasteiger partial charge in [-0.15, -0.1) is 0 Å². The zero-order chi connectivity index (χ0) is 13.4. The van der Waals surface area contributed by atoms with Gasteiger partial charge in [0, 0.05) is 18.8 Å². The van der Waals surface area contributed by atoms with Crippen LogP contribution >= 0.6 is 0 Å². The largest absolute Gasteiger partial charge is 0.377 e. The SMILES string of the molecule is CC(C)OCCNC(=O)Nc1cccc(CN)c1. The van der Waals surface area contributed by atoms with Crippen LogP contribution in [0.2, 0.25) is 0 Å². The molecule has 5 heteroatoms. The average Bonchev–Trinajstić information content (AvgIpc) is 2.34. The van der Waals surface area contributed by atoms with Gasteiger partial charge in [0.15, 0.2) is 0 Å². The summed E-state index contributed by atoms with van der Waals surface area (Å²) in [6.07, 6.45) is 0.177. The molecule has 1 rings (SSSR count). The highest BCUT2D eigenvalue weighted by Crippen LogP contribution is 2.09. The fourth-order valence-corrected chi connectivity index (χ4v) is 1.41. The lowest BCUT2D eigenvalue weighted by Gasteiger charge is -2.10. The van der Waals surface area contributed by atoms with Gasteiger partial charge in [0.1, 0.15) is 0 Å². The average molecular weight is 251 g/mol. The Kier molecular flexibility index (Phi) is 6.18. The van der Waals surface area contributed by atoms with E-state index in [-0.39, 0.29) is 12.1 Å². The predicted octanol–water partition coefficient (Wildman–Crippen LogP) is 1.69. The predicted molar refractivity (Wildman–Crippen MR) is 72.4 cm³/mol. The van der Waals surface area contributed by atoms with E-state index < -0.39 is 0 Å². The topological polar surface area (TPSA) is 76.4 Å². The van der Waals surface area contributed by atoms with Crippen molar-refractivity contribution in [3.63, 3.8) is 0 Å². The molecule has 4 N–H and O–H groups in total. The van der Waals surface area contributed by atoms with Crippen LogP contribution in [0.4, 0.5) is 10.5 Å². The van der Waals surface area contributed by atoms with E-state index in [0.717, 1.165) is 11.3 Å². The molecule has 0 saturated heterocycles. The van der Waals surface area contributed by atoms with Crippen LogP contribution in [0.15, 0.2) is 24.3 Å². The van der Waals surface area contributed by atoms with Gasteiger partial charge in [0.2, 0.25) is 0 Å². The van der Waals surface area contributed by atoms with Gasteiger partial charge in [-0.25, -0.2) is 4.79 Å². The second kappa shape index (κ2) is 7.68. The molecule has 0 fully saturated rings. The smallest absolute Gasteiger partial charge is 0.319 e. The lowest BCUT2D eigenvalue weighted by molar-refractivity contribution is 0.0820. The van der Waals surface area contributed by atoms with Crippen molar-refractivity contribution in [3.8, 4) is 0 Å². The Morgan fingerprint density at radius 1 is 1.44 bits per heavy atom. The van der Waals surface area contributed by atoms with E-state index in [2.05, 4.69) is 10.6 Å². The molecular formula is C13H21N3O2. The van der Waals surface area contributed by atoms with Crippen molar-refractivity contribution < 1.29 is 9.53 Å². The summed E-state index contributed by atoms with van der Waals surface area (Å²) in [5.74, 6) is 0. The number of benzene rings is 1. The molecule has 0 bridgehead atoms. The van der Waals surface area contributed by atoms with Gasteiger partial charge in [-0.05, 0) is 31.5 Å². The quantitative estimate of drug-likeness (QED) is 0.673. The maximum absolute atomic E-state index is 11.5. The molecule has 0 aliphatic heterocycles. The maximum Gasteiger partial charge on any atom is 0.319 e. The summed E-state index contributed by atoms with van der Waals surface area (Å²) in [4.78, 5) is 11.5. The number of rotatable bonds is 6. The van der Waals surface area contributed by atoms with Crippen molar-refractivity contribution in [2.45, 2.75) is 26.5 Å². The molecule has 0 atom stereocenters. The van der Waals surface area contributed by atoms with Crippen LogP contribution < -0.4 is 16.4 Å². The molecule has 0 unspecified atom stereocenters. The molecule has 0 aromatic heterocycles. The first-order chi connectivity index (χ1) is 8.61. The number of carbonyl (C=O) groups is 1. The lowest BCUT2D eigenvalue weighted by atomic mass is 10.2. The molecular weight excluding hydrogens is 230 g/mol. The molecule has 1 aromatic rings. The van der Waals surface area contributed by atoms with E-state index in [1.807, 2.05) is 38.1 Å². The fourth-order valence-electron chi connectivity index (χ4n) is 1.41. The molecule has 0 radical (unpaired) electrons. The molecule has 0 spiro atoms. The Labute approximate surface area is 108 Å². The third-order valence-electron chi connectivity index (χ3n) is 2.26. The van der Waals surface area contributed by atoms with Crippen molar-refractivity contribution in [2.24, 2.45) is 5.73 Å². The molecule has 100 valence electrons. The fraction of sp³-hybridized carbons (Fsp3) is 0.462. The molecule has 0 aliphatic carbocycles. The van der Waals surface area contributed by atoms with E-state index in [9.17, 15) is 4.79 Å². The standard InChI is InChI=1S/C13H21N3O2/c1-10(2)18-7-6-15-13(17)16-12-5-3-4-11(8-12)9-14/h3-5,8,10H,6-7,9,14H2,1-2H3,(H2,15,16,17). The number of carbonyl (C=O) groups excluding carboxylic acids is 1. The Bertz CT molecular complexity index is 380. The van der Waals surface area contributed by atoms with Crippen molar-refractivity contribution in [2.75, 3.05) is 18.5 Å². The van der Waals surface area contributed by atoms with E-state index in [0.29, 0.717) is 19.7 Å². The summed E-state index contributed by atoms with van der Waals surface area (Å²) in [6, 6.07) is 7.21. The normalized spacial score (nSPS) is 10.4. The summed E-state index contributed by atoms with van der Waals surface area (Å²) in [5, 5.41) is 5.46. The van der Waals surface area contributed by atoms with E-state index in [1.165, 1.54) is 0 Å². The third-order valence-corrected chi connectivity index (χ3v) is 2.26. The molecule has 0 saturated carbocycles. The van der Waals surface area contributed by atoms with E-state index in [1.54, 1.807) is 0 Å². The Morgan fingerprint density at radius 3 is 2.89 bits per heavy atom. The van der Waals surface area contributed by atoms with Gasteiger partial charge in [-0.1, -0.05) is 12.1 Å². The summed E-state index contributed by atoms with van der Waals surface area (Å²) in [5.41, 5.74) is 7.25. The van der Waals surface area contributed by atoms with E-state index in [4.69, 9.17) is 10.5 Å². The number of amides is 2. The summed E-state index contributed by atoms with van der Waals surface area (Å²) in [6.45, 7) is 5.37. The molecule has 0 aliphatic rings. The number of anilines is 1. The molecule has 2 amide bonds. The van der Waals surface area contributed by atoms with Crippen LogP contribution in [0.25, 0.3) is 0 Å². The number of hydrogen-bond acceptors (Lipinski definition) is 3. The Hall–Kier alpha value is -1.59. The summed E-state index contributed by atoms with van der Waals surface area (Å²) >= 11 is 0. The number of nitrogens with two attached hydrogens (primary N) is 1. The summed E-state index contributed by atoms with van der Waals surface area (Å²) < 4.78 is 5.32. The number of hydrogen-bond donors (Lipinski definition) is 3. The molecule has 18 heavy (non-hydrogen) atoms. The lowest BCUT2D eigenvalue weighted by Crippen LogP contribution is -2.32. The third kappa shape index (κ3) is 5.65. The maximum atomic E-state index is 11.5. The van der Waals surface area contributed by atoms with Crippen LogP contribution in [-0.2, 0) is 11.3 Å². The summed E-state index contributed by atoms with van der Waals surface area (Å²) in [7, 11) is 0. The van der Waals surface area contributed by atoms with Crippen LogP contribution in [0.1, 0.15) is 19.4 Å². The van der Waals surface area contributed by atoms with Gasteiger partial charge in [0.25, 0.3) is 0 Å². The Balaban J connectivity index is 2.30. The number of urea groups is 1. The van der Waals surface area contributed by atoms with Gasteiger partial charge < -0.3 is 21.1 Å².